The van der Waals surface area contributed by atoms with Gasteiger partial charge in [-0.15, -0.1) is 5.10 Å². The molecular weight excluding hydrogens is 639 g/mol. The Bertz CT molecular complexity index is 2080. The average Bonchev–Trinajstić information content (AvgIpc) is 3.71. The number of carbonyl (C=O) groups is 2. The summed E-state index contributed by atoms with van der Waals surface area (Å²) in [4.78, 5) is 30.2. The van der Waals surface area contributed by atoms with Crippen LogP contribution in [0.3, 0.4) is 0 Å². The number of tetrazole rings is 1. The average molecular weight is 666 g/mol. The number of hydrogen-bond acceptors (Lipinski definition) is 10. The second kappa shape index (κ2) is 13.8. The summed E-state index contributed by atoms with van der Waals surface area (Å²) in [5.41, 5.74) is 4.43. The van der Waals surface area contributed by atoms with Crippen molar-refractivity contribution in [2.75, 3.05) is 0 Å². The molecule has 6 rings (SSSR count). The molecule has 0 spiro atoms. The standard InChI is InChI=1S/C33H27N7O5S2/c1-22-7-14-27(15-8-22)47(43,44)37-31(41)19-23-9-12-26(13-10-23)35-33-36-32(42)30(46-33)18-25-11-16-28(40-21-34-38-39-40)29(17-25)45-20-24-5-3-2-4-6-24/h2-18,21H,19-20H2,1H3,(H,37,41)(H,35,36,42). The van der Waals surface area contributed by atoms with Crippen molar-refractivity contribution in [1.29, 1.82) is 0 Å². The van der Waals surface area contributed by atoms with E-state index in [0.717, 1.165) is 16.7 Å². The van der Waals surface area contributed by atoms with Crippen LogP contribution in [-0.4, -0.2) is 45.6 Å². The molecule has 12 nitrogen and oxygen atoms in total. The van der Waals surface area contributed by atoms with E-state index in [9.17, 15) is 18.0 Å². The molecule has 236 valence electrons. The lowest BCUT2D eigenvalue weighted by Crippen LogP contribution is -2.31. The first kappa shape index (κ1) is 31.4. The van der Waals surface area contributed by atoms with Crippen molar-refractivity contribution in [3.63, 3.8) is 0 Å². The van der Waals surface area contributed by atoms with Crippen molar-refractivity contribution in [1.82, 2.24) is 30.2 Å². The second-order valence-electron chi connectivity index (χ2n) is 10.4. The SMILES string of the molecule is Cc1ccc(S(=O)(=O)NC(=O)Cc2ccc(N=C3NC(=O)C(=Cc4ccc(-n5cnnn5)c(OCc5ccccc5)c4)S3)cc2)cc1. The van der Waals surface area contributed by atoms with Gasteiger partial charge in [-0.2, -0.15) is 4.68 Å². The van der Waals surface area contributed by atoms with Crippen molar-refractivity contribution < 1.29 is 22.7 Å². The molecule has 1 fully saturated rings. The molecule has 0 radical (unpaired) electrons. The van der Waals surface area contributed by atoms with Gasteiger partial charge < -0.3 is 10.1 Å². The van der Waals surface area contributed by atoms with Gasteiger partial charge in [0.15, 0.2) is 5.17 Å². The van der Waals surface area contributed by atoms with E-state index >= 15 is 0 Å². The minimum absolute atomic E-state index is 0.0188. The largest absolute Gasteiger partial charge is 0.487 e. The molecule has 47 heavy (non-hydrogen) atoms. The van der Waals surface area contributed by atoms with Crippen LogP contribution in [0.25, 0.3) is 11.8 Å². The lowest BCUT2D eigenvalue weighted by molar-refractivity contribution is -0.118. The summed E-state index contributed by atoms with van der Waals surface area (Å²) in [5, 5.41) is 14.6. The molecular formula is C33H27N7O5S2. The Balaban J connectivity index is 1.12. The number of ether oxygens (including phenoxy) is 1. The molecule has 5 aromatic rings. The van der Waals surface area contributed by atoms with E-state index in [-0.39, 0.29) is 17.2 Å². The normalized spacial score (nSPS) is 14.7. The van der Waals surface area contributed by atoms with Gasteiger partial charge >= 0.3 is 0 Å². The lowest BCUT2D eigenvalue weighted by Gasteiger charge is -2.12. The Morgan fingerprint density at radius 3 is 2.49 bits per heavy atom. The Kier molecular flexibility index (Phi) is 9.22. The minimum atomic E-state index is -3.97. The molecule has 0 saturated carbocycles. The topological polar surface area (TPSA) is 158 Å². The highest BCUT2D eigenvalue weighted by atomic mass is 32.2. The Hall–Kier alpha value is -5.60. The number of carbonyl (C=O) groups excluding carboxylic acids is 2. The van der Waals surface area contributed by atoms with Crippen LogP contribution in [0.5, 0.6) is 5.75 Å². The molecule has 4 aromatic carbocycles. The van der Waals surface area contributed by atoms with Crippen molar-refractivity contribution in [3.05, 3.63) is 131 Å². The quantitative estimate of drug-likeness (QED) is 0.205. The van der Waals surface area contributed by atoms with E-state index in [1.165, 1.54) is 34.9 Å². The summed E-state index contributed by atoms with van der Waals surface area (Å²) < 4.78 is 34.8. The highest BCUT2D eigenvalue weighted by Crippen LogP contribution is 2.31. The number of amidine groups is 1. The van der Waals surface area contributed by atoms with Crippen LogP contribution in [0.1, 0.15) is 22.3 Å². The van der Waals surface area contributed by atoms with E-state index in [1.807, 2.05) is 55.5 Å². The third-order valence-corrected chi connectivity index (χ3v) is 9.18. The molecule has 2 N–H and O–H groups in total. The number of nitrogens with zero attached hydrogens (tertiary/aromatic N) is 5. The van der Waals surface area contributed by atoms with E-state index < -0.39 is 15.9 Å². The summed E-state index contributed by atoms with van der Waals surface area (Å²) >= 11 is 1.19. The fourth-order valence-corrected chi connectivity index (χ4v) is 6.34. The highest BCUT2D eigenvalue weighted by Gasteiger charge is 2.24. The summed E-state index contributed by atoms with van der Waals surface area (Å²) in [7, 11) is -3.97. The Morgan fingerprint density at radius 1 is 1.00 bits per heavy atom. The van der Waals surface area contributed by atoms with Crippen LogP contribution < -0.4 is 14.8 Å². The van der Waals surface area contributed by atoms with Crippen LogP contribution in [0.2, 0.25) is 0 Å². The third-order valence-electron chi connectivity index (χ3n) is 6.88. The number of thioether (sulfide) groups is 1. The molecule has 14 heteroatoms. The van der Waals surface area contributed by atoms with Gasteiger partial charge in [0.05, 0.1) is 21.9 Å². The minimum Gasteiger partial charge on any atom is -0.487 e. The van der Waals surface area contributed by atoms with E-state index in [1.54, 1.807) is 42.5 Å². The maximum Gasteiger partial charge on any atom is 0.264 e. The third kappa shape index (κ3) is 7.98. The van der Waals surface area contributed by atoms with Crippen LogP contribution in [-0.2, 0) is 32.6 Å². The second-order valence-corrected chi connectivity index (χ2v) is 13.1. The molecule has 0 unspecified atom stereocenters. The molecule has 1 aliphatic heterocycles. The first-order valence-corrected chi connectivity index (χ1v) is 16.6. The molecule has 0 atom stereocenters. The van der Waals surface area contributed by atoms with E-state index in [4.69, 9.17) is 4.74 Å². The predicted molar refractivity (Wildman–Crippen MR) is 177 cm³/mol. The predicted octanol–water partition coefficient (Wildman–Crippen LogP) is 4.49. The highest BCUT2D eigenvalue weighted by molar-refractivity contribution is 8.18. The summed E-state index contributed by atoms with van der Waals surface area (Å²) in [6, 6.07) is 28.2. The molecule has 1 aromatic heterocycles. The van der Waals surface area contributed by atoms with Crippen molar-refractivity contribution in [2.45, 2.75) is 24.8 Å². The Morgan fingerprint density at radius 2 is 1.77 bits per heavy atom. The fraction of sp³-hybridized carbons (Fsp3) is 0.0909. The maximum absolute atomic E-state index is 12.8. The lowest BCUT2D eigenvalue weighted by atomic mass is 10.1. The number of sulfonamides is 1. The number of amides is 2. The molecule has 2 heterocycles. The Labute approximate surface area is 274 Å². The summed E-state index contributed by atoms with van der Waals surface area (Å²) in [5.74, 6) is -0.417. The van der Waals surface area contributed by atoms with Crippen molar-refractivity contribution >= 4 is 50.5 Å². The maximum atomic E-state index is 12.8. The molecule has 0 aliphatic carbocycles. The van der Waals surface area contributed by atoms with Gasteiger partial charge in [0.25, 0.3) is 15.9 Å². The monoisotopic (exact) mass is 665 g/mol. The zero-order valence-corrected chi connectivity index (χ0v) is 26.5. The van der Waals surface area contributed by atoms with Gasteiger partial charge in [-0.3, -0.25) is 9.59 Å². The number of nitrogens with one attached hydrogen (secondary N) is 2. The smallest absolute Gasteiger partial charge is 0.264 e. The fourth-order valence-electron chi connectivity index (χ4n) is 4.52. The summed E-state index contributed by atoms with van der Waals surface area (Å²) in [6.07, 6.45) is 3.08. The van der Waals surface area contributed by atoms with Gasteiger partial charge in [-0.25, -0.2) is 18.1 Å². The molecule has 2 amide bonds. The zero-order valence-electron chi connectivity index (χ0n) is 24.9. The van der Waals surface area contributed by atoms with Gasteiger partial charge in [-0.1, -0.05) is 66.2 Å². The number of aryl methyl sites for hydroxylation is 1. The van der Waals surface area contributed by atoms with Crippen molar-refractivity contribution in [3.8, 4) is 11.4 Å². The number of rotatable bonds is 10. The van der Waals surface area contributed by atoms with Gasteiger partial charge in [-0.05, 0) is 88.3 Å². The first-order chi connectivity index (χ1) is 22.7. The number of hydrogen-bond donors (Lipinski definition) is 2. The van der Waals surface area contributed by atoms with Crippen LogP contribution in [0.4, 0.5) is 5.69 Å². The molecule has 1 saturated heterocycles. The van der Waals surface area contributed by atoms with Crippen LogP contribution in [0.15, 0.2) is 118 Å². The molecule has 0 bridgehead atoms. The van der Waals surface area contributed by atoms with Gasteiger partial charge in [0.1, 0.15) is 24.4 Å². The molecule has 1 aliphatic rings. The van der Waals surface area contributed by atoms with Gasteiger partial charge in [0, 0.05) is 0 Å². The summed E-state index contributed by atoms with van der Waals surface area (Å²) in [6.45, 7) is 2.18. The first-order valence-electron chi connectivity index (χ1n) is 14.3. The van der Waals surface area contributed by atoms with E-state index in [2.05, 4.69) is 30.6 Å². The van der Waals surface area contributed by atoms with Crippen LogP contribution >= 0.6 is 11.8 Å². The van der Waals surface area contributed by atoms with Crippen LogP contribution in [0, 0.1) is 6.92 Å². The van der Waals surface area contributed by atoms with Gasteiger partial charge in [0.2, 0.25) is 5.91 Å². The zero-order chi connectivity index (χ0) is 32.8. The van der Waals surface area contributed by atoms with Crippen molar-refractivity contribution in [2.24, 2.45) is 4.99 Å². The van der Waals surface area contributed by atoms with E-state index in [0.29, 0.717) is 39.4 Å². The number of aromatic nitrogens is 4. The number of benzene rings is 4. The number of aliphatic imine (C=N–C) groups is 1.